The monoisotopic (exact) mass is 364 g/mol. The fourth-order valence-electron chi connectivity index (χ4n) is 1.77. The Morgan fingerprint density at radius 1 is 0.769 bits per heavy atom. The predicted octanol–water partition coefficient (Wildman–Crippen LogP) is 1.45. The van der Waals surface area contributed by atoms with Gasteiger partial charge in [0, 0.05) is 0 Å². The van der Waals surface area contributed by atoms with E-state index in [-0.39, 0.29) is 25.0 Å². The van der Waals surface area contributed by atoms with Crippen LogP contribution < -0.4 is 11.5 Å². The number of rotatable bonds is 10. The minimum absolute atomic E-state index is 0.00804. The minimum atomic E-state index is -0.590. The van der Waals surface area contributed by atoms with Crippen LogP contribution in [0.15, 0.2) is 48.2 Å². The number of benzene rings is 1. The van der Waals surface area contributed by atoms with Gasteiger partial charge in [-0.05, 0) is 25.0 Å². The molecule has 0 heterocycles. The van der Waals surface area contributed by atoms with E-state index >= 15 is 0 Å². The third-order valence-corrected chi connectivity index (χ3v) is 2.93. The Kier molecular flexibility index (Phi) is 9.16. The lowest BCUT2D eigenvalue weighted by molar-refractivity contribution is -0.140. The molecule has 0 aliphatic rings. The van der Waals surface area contributed by atoms with Crippen molar-refractivity contribution in [2.24, 2.45) is 11.5 Å². The van der Waals surface area contributed by atoms with E-state index in [1.807, 2.05) is 0 Å². The van der Waals surface area contributed by atoms with E-state index in [0.29, 0.717) is 13.2 Å². The second-order valence-electron chi connectivity index (χ2n) is 4.99. The van der Waals surface area contributed by atoms with E-state index in [0.717, 1.165) is 23.3 Å². The summed E-state index contributed by atoms with van der Waals surface area (Å²) < 4.78 is 20.0. The van der Waals surface area contributed by atoms with Crippen molar-refractivity contribution >= 4 is 11.9 Å². The molecule has 0 bridgehead atoms. The zero-order valence-electron chi connectivity index (χ0n) is 14.9. The van der Waals surface area contributed by atoms with E-state index in [1.165, 1.54) is 0 Å². The molecular weight excluding hydrogens is 340 g/mol. The molecule has 8 nitrogen and oxygen atoms in total. The van der Waals surface area contributed by atoms with Crippen molar-refractivity contribution in [2.45, 2.75) is 27.1 Å². The predicted molar refractivity (Wildman–Crippen MR) is 93.8 cm³/mol. The van der Waals surface area contributed by atoms with Crippen LogP contribution in [0.5, 0.6) is 0 Å². The SMILES string of the molecule is CCOC(N)=CC(=O)OCc1ccc(COC(=O)C=C(N)OCC)cc1. The fraction of sp³-hybridized carbons (Fsp3) is 0.333. The van der Waals surface area contributed by atoms with Gasteiger partial charge in [-0.1, -0.05) is 24.3 Å². The molecule has 0 aliphatic heterocycles. The highest BCUT2D eigenvalue weighted by Crippen LogP contribution is 2.08. The average Bonchev–Trinajstić information content (AvgIpc) is 2.59. The highest BCUT2D eigenvalue weighted by atomic mass is 16.5. The lowest BCUT2D eigenvalue weighted by atomic mass is 10.1. The molecule has 0 amide bonds. The van der Waals surface area contributed by atoms with Gasteiger partial charge in [-0.25, -0.2) is 9.59 Å². The summed E-state index contributed by atoms with van der Waals surface area (Å²) in [4.78, 5) is 23.1. The molecule has 0 aliphatic carbocycles. The van der Waals surface area contributed by atoms with Crippen molar-refractivity contribution in [3.8, 4) is 0 Å². The summed E-state index contributed by atoms with van der Waals surface area (Å²) in [5, 5.41) is 0. The van der Waals surface area contributed by atoms with E-state index in [4.69, 9.17) is 30.4 Å². The van der Waals surface area contributed by atoms with Gasteiger partial charge < -0.3 is 30.4 Å². The zero-order chi connectivity index (χ0) is 19.4. The summed E-state index contributed by atoms with van der Waals surface area (Å²) in [6.07, 6.45) is 2.16. The van der Waals surface area contributed by atoms with Crippen molar-refractivity contribution in [2.75, 3.05) is 13.2 Å². The lowest BCUT2D eigenvalue weighted by Crippen LogP contribution is -2.09. The molecule has 0 saturated heterocycles. The van der Waals surface area contributed by atoms with Gasteiger partial charge in [0.1, 0.15) is 13.2 Å². The Balaban J connectivity index is 2.44. The van der Waals surface area contributed by atoms with E-state index in [1.54, 1.807) is 38.1 Å². The number of nitrogens with two attached hydrogens (primary N) is 2. The van der Waals surface area contributed by atoms with Crippen LogP contribution in [-0.4, -0.2) is 25.2 Å². The van der Waals surface area contributed by atoms with E-state index < -0.39 is 11.9 Å². The maximum Gasteiger partial charge on any atom is 0.336 e. The van der Waals surface area contributed by atoms with Crippen LogP contribution in [0, 0.1) is 0 Å². The highest BCUT2D eigenvalue weighted by molar-refractivity contribution is 5.82. The summed E-state index contributed by atoms with van der Waals surface area (Å²) in [6, 6.07) is 7.04. The molecule has 0 unspecified atom stereocenters. The maximum absolute atomic E-state index is 11.5. The summed E-state index contributed by atoms with van der Waals surface area (Å²) >= 11 is 0. The molecule has 1 aromatic carbocycles. The van der Waals surface area contributed by atoms with Crippen LogP contribution in [0.3, 0.4) is 0 Å². The maximum atomic E-state index is 11.5. The van der Waals surface area contributed by atoms with Crippen molar-refractivity contribution in [3.63, 3.8) is 0 Å². The Morgan fingerprint density at radius 3 is 1.42 bits per heavy atom. The van der Waals surface area contributed by atoms with Gasteiger partial charge >= 0.3 is 11.9 Å². The topological polar surface area (TPSA) is 123 Å². The first kappa shape index (κ1) is 20.9. The van der Waals surface area contributed by atoms with Crippen molar-refractivity contribution < 1.29 is 28.5 Å². The van der Waals surface area contributed by atoms with Crippen LogP contribution >= 0.6 is 0 Å². The zero-order valence-corrected chi connectivity index (χ0v) is 14.9. The first-order chi connectivity index (χ1) is 12.4. The second kappa shape index (κ2) is 11.4. The smallest absolute Gasteiger partial charge is 0.336 e. The molecule has 0 saturated carbocycles. The number of hydrogen-bond donors (Lipinski definition) is 2. The van der Waals surface area contributed by atoms with Crippen LogP contribution in [0.4, 0.5) is 0 Å². The Labute approximate surface area is 152 Å². The van der Waals surface area contributed by atoms with Crippen LogP contribution in [-0.2, 0) is 41.8 Å². The average molecular weight is 364 g/mol. The second-order valence-corrected chi connectivity index (χ2v) is 4.99. The quantitative estimate of drug-likeness (QED) is 0.363. The van der Waals surface area contributed by atoms with Gasteiger partial charge in [0.05, 0.1) is 25.4 Å². The van der Waals surface area contributed by atoms with Crippen molar-refractivity contribution in [3.05, 3.63) is 59.3 Å². The van der Waals surface area contributed by atoms with E-state index in [2.05, 4.69) is 0 Å². The Hall–Kier alpha value is -3.16. The van der Waals surface area contributed by atoms with E-state index in [9.17, 15) is 9.59 Å². The van der Waals surface area contributed by atoms with Gasteiger partial charge in [-0.15, -0.1) is 0 Å². The molecule has 1 aromatic rings. The molecule has 26 heavy (non-hydrogen) atoms. The van der Waals surface area contributed by atoms with Crippen LogP contribution in [0.1, 0.15) is 25.0 Å². The van der Waals surface area contributed by atoms with Gasteiger partial charge in [0.15, 0.2) is 11.8 Å². The first-order valence-electron chi connectivity index (χ1n) is 8.05. The van der Waals surface area contributed by atoms with Gasteiger partial charge in [-0.3, -0.25) is 0 Å². The molecule has 8 heteroatoms. The molecule has 4 N–H and O–H groups in total. The number of esters is 2. The third kappa shape index (κ3) is 8.62. The highest BCUT2D eigenvalue weighted by Gasteiger charge is 2.04. The Bertz CT molecular complexity index is 595. The Morgan fingerprint density at radius 2 is 1.12 bits per heavy atom. The van der Waals surface area contributed by atoms with Gasteiger partial charge in [0.2, 0.25) is 0 Å². The van der Waals surface area contributed by atoms with Gasteiger partial charge in [-0.2, -0.15) is 0 Å². The normalized spacial score (nSPS) is 11.6. The molecule has 0 atom stereocenters. The lowest BCUT2D eigenvalue weighted by Gasteiger charge is -2.06. The molecular formula is C18H24N2O6. The summed E-state index contributed by atoms with van der Waals surface area (Å²) in [6.45, 7) is 4.43. The molecule has 1 rings (SSSR count). The summed E-state index contributed by atoms with van der Waals surface area (Å²) in [7, 11) is 0. The molecule has 0 spiro atoms. The molecule has 0 fully saturated rings. The molecule has 0 aromatic heterocycles. The van der Waals surface area contributed by atoms with Gasteiger partial charge in [0.25, 0.3) is 0 Å². The summed E-state index contributed by atoms with van der Waals surface area (Å²) in [5.74, 6) is -1.16. The third-order valence-electron chi connectivity index (χ3n) is 2.93. The first-order valence-corrected chi connectivity index (χ1v) is 8.05. The fourth-order valence-corrected chi connectivity index (χ4v) is 1.77. The number of carbonyl (C=O) groups excluding carboxylic acids is 2. The molecule has 0 radical (unpaired) electrons. The van der Waals surface area contributed by atoms with Crippen molar-refractivity contribution in [1.82, 2.24) is 0 Å². The number of carbonyl (C=O) groups is 2. The molecule has 142 valence electrons. The largest absolute Gasteiger partial charge is 0.479 e. The minimum Gasteiger partial charge on any atom is -0.479 e. The van der Waals surface area contributed by atoms with Crippen LogP contribution in [0.2, 0.25) is 0 Å². The number of ether oxygens (including phenoxy) is 4. The number of hydrogen-bond acceptors (Lipinski definition) is 8. The van der Waals surface area contributed by atoms with Crippen LogP contribution in [0.25, 0.3) is 0 Å². The van der Waals surface area contributed by atoms with Crippen molar-refractivity contribution in [1.29, 1.82) is 0 Å². The summed E-state index contributed by atoms with van der Waals surface area (Å²) in [5.41, 5.74) is 12.5. The standard InChI is InChI=1S/C18H24N2O6/c1-3-23-15(19)9-17(21)25-11-13-5-7-14(8-6-13)12-26-18(22)10-16(20)24-4-2/h5-10H,3-4,11-12,19-20H2,1-2H3.